The molecule has 0 aromatic heterocycles. The van der Waals surface area contributed by atoms with Crippen LogP contribution in [0.4, 0.5) is 0 Å². The Morgan fingerprint density at radius 2 is 1.91 bits per heavy atom. The van der Waals surface area contributed by atoms with Crippen molar-refractivity contribution in [1.29, 1.82) is 0 Å². The van der Waals surface area contributed by atoms with Crippen molar-refractivity contribution in [3.05, 3.63) is 64.7 Å². The maximum absolute atomic E-state index is 12.2. The summed E-state index contributed by atoms with van der Waals surface area (Å²) < 4.78 is 5.25. The number of amides is 2. The lowest BCUT2D eigenvalue weighted by atomic mass is 10.1. The predicted molar refractivity (Wildman–Crippen MR) is 88.6 cm³/mol. The lowest BCUT2D eigenvalue weighted by Crippen LogP contribution is -2.27. The van der Waals surface area contributed by atoms with E-state index in [4.69, 9.17) is 22.1 Å². The fourth-order valence-electron chi connectivity index (χ4n) is 2.04. The number of nitrogens with one attached hydrogen (secondary N) is 1. The van der Waals surface area contributed by atoms with E-state index in [2.05, 4.69) is 5.32 Å². The van der Waals surface area contributed by atoms with Gasteiger partial charge in [-0.2, -0.15) is 0 Å². The van der Waals surface area contributed by atoms with Crippen molar-refractivity contribution in [2.45, 2.75) is 6.42 Å². The second-order valence-electron chi connectivity index (χ2n) is 4.89. The van der Waals surface area contributed by atoms with Crippen molar-refractivity contribution in [2.75, 3.05) is 13.2 Å². The van der Waals surface area contributed by atoms with Gasteiger partial charge < -0.3 is 15.8 Å². The molecule has 0 bridgehead atoms. The van der Waals surface area contributed by atoms with Gasteiger partial charge in [0.15, 0.2) is 6.61 Å². The summed E-state index contributed by atoms with van der Waals surface area (Å²) in [6.45, 7) is 0.191. The number of ether oxygens (including phenoxy) is 1. The van der Waals surface area contributed by atoms with Crippen LogP contribution in [-0.2, 0) is 11.2 Å². The van der Waals surface area contributed by atoms with Crippen LogP contribution >= 0.6 is 11.6 Å². The van der Waals surface area contributed by atoms with E-state index in [-0.39, 0.29) is 12.5 Å². The second-order valence-corrected chi connectivity index (χ2v) is 5.32. The highest BCUT2D eigenvalue weighted by atomic mass is 35.5. The number of nitrogens with two attached hydrogens (primary N) is 1. The van der Waals surface area contributed by atoms with E-state index < -0.39 is 5.91 Å². The third kappa shape index (κ3) is 5.30. The molecule has 5 nitrogen and oxygen atoms in total. The van der Waals surface area contributed by atoms with E-state index in [1.54, 1.807) is 30.3 Å². The second kappa shape index (κ2) is 8.19. The normalized spacial score (nSPS) is 10.1. The fraction of sp³-hybridized carbons (Fsp3) is 0.176. The topological polar surface area (TPSA) is 81.4 Å². The Morgan fingerprint density at radius 3 is 2.65 bits per heavy atom. The first-order valence-corrected chi connectivity index (χ1v) is 7.47. The van der Waals surface area contributed by atoms with Crippen molar-refractivity contribution in [3.8, 4) is 5.75 Å². The molecular weight excluding hydrogens is 316 g/mol. The number of primary amides is 1. The quantitative estimate of drug-likeness (QED) is 0.815. The summed E-state index contributed by atoms with van der Waals surface area (Å²) in [4.78, 5) is 23.0. The Hall–Kier alpha value is -2.53. The third-order valence-electron chi connectivity index (χ3n) is 3.09. The summed E-state index contributed by atoms with van der Waals surface area (Å²) in [5.74, 6) is -0.542. The SMILES string of the molecule is NC(=O)COc1ccccc1C(=O)NCCc1cccc(Cl)c1. The predicted octanol–water partition coefficient (Wildman–Crippen LogP) is 2.18. The van der Waals surface area contributed by atoms with Crippen molar-refractivity contribution in [2.24, 2.45) is 5.73 Å². The van der Waals surface area contributed by atoms with Gasteiger partial charge in [0.1, 0.15) is 5.75 Å². The molecule has 0 unspecified atom stereocenters. The zero-order valence-electron chi connectivity index (χ0n) is 12.4. The first-order valence-electron chi connectivity index (χ1n) is 7.09. The standard InChI is InChI=1S/C17H17ClN2O3/c18-13-5-3-4-12(10-13)8-9-20-17(22)14-6-1-2-7-15(14)23-11-16(19)21/h1-7,10H,8-9,11H2,(H2,19,21)(H,20,22). The van der Waals surface area contributed by atoms with Crippen molar-refractivity contribution in [3.63, 3.8) is 0 Å². The van der Waals surface area contributed by atoms with Crippen LogP contribution in [0.2, 0.25) is 5.02 Å². The number of rotatable bonds is 7. The maximum Gasteiger partial charge on any atom is 0.255 e. The maximum atomic E-state index is 12.2. The number of hydrogen-bond donors (Lipinski definition) is 2. The van der Waals surface area contributed by atoms with Crippen LogP contribution in [0, 0.1) is 0 Å². The van der Waals surface area contributed by atoms with Gasteiger partial charge in [-0.1, -0.05) is 35.9 Å². The van der Waals surface area contributed by atoms with E-state index in [1.807, 2.05) is 18.2 Å². The van der Waals surface area contributed by atoms with Gasteiger partial charge in [0.25, 0.3) is 11.8 Å². The van der Waals surface area contributed by atoms with Crippen molar-refractivity contribution in [1.82, 2.24) is 5.32 Å². The Morgan fingerprint density at radius 1 is 1.13 bits per heavy atom. The minimum Gasteiger partial charge on any atom is -0.483 e. The lowest BCUT2D eigenvalue weighted by molar-refractivity contribution is -0.119. The summed E-state index contributed by atoms with van der Waals surface area (Å²) in [5, 5.41) is 3.48. The largest absolute Gasteiger partial charge is 0.483 e. The Bertz CT molecular complexity index is 704. The zero-order chi connectivity index (χ0) is 16.7. The highest BCUT2D eigenvalue weighted by Gasteiger charge is 2.12. The van der Waals surface area contributed by atoms with E-state index in [0.29, 0.717) is 29.3 Å². The number of benzene rings is 2. The molecule has 0 atom stereocenters. The number of carbonyl (C=O) groups excluding carboxylic acids is 2. The molecule has 0 heterocycles. The molecule has 0 aliphatic rings. The molecule has 23 heavy (non-hydrogen) atoms. The summed E-state index contributed by atoms with van der Waals surface area (Å²) in [5.41, 5.74) is 6.45. The minimum atomic E-state index is -0.596. The number of carbonyl (C=O) groups is 2. The van der Waals surface area contributed by atoms with Gasteiger partial charge in [0.2, 0.25) is 0 Å². The van der Waals surface area contributed by atoms with E-state index in [9.17, 15) is 9.59 Å². The molecule has 0 aliphatic heterocycles. The van der Waals surface area contributed by atoms with Crippen LogP contribution in [0.5, 0.6) is 5.75 Å². The van der Waals surface area contributed by atoms with Crippen molar-refractivity contribution >= 4 is 23.4 Å². The molecule has 0 saturated carbocycles. The third-order valence-corrected chi connectivity index (χ3v) is 3.32. The fourth-order valence-corrected chi connectivity index (χ4v) is 2.25. The highest BCUT2D eigenvalue weighted by molar-refractivity contribution is 6.30. The molecule has 0 spiro atoms. The number of halogens is 1. The van der Waals surface area contributed by atoms with Gasteiger partial charge in [0, 0.05) is 11.6 Å². The molecule has 2 aromatic carbocycles. The average molecular weight is 333 g/mol. The van der Waals surface area contributed by atoms with Crippen LogP contribution < -0.4 is 15.8 Å². The first-order chi connectivity index (χ1) is 11.1. The van der Waals surface area contributed by atoms with E-state index >= 15 is 0 Å². The molecule has 0 aliphatic carbocycles. The zero-order valence-corrected chi connectivity index (χ0v) is 13.2. The molecule has 0 fully saturated rings. The smallest absolute Gasteiger partial charge is 0.255 e. The van der Waals surface area contributed by atoms with Gasteiger partial charge in [-0.3, -0.25) is 9.59 Å². The molecule has 2 aromatic rings. The minimum absolute atomic E-state index is 0.271. The molecule has 2 amide bonds. The molecule has 2 rings (SSSR count). The van der Waals surface area contributed by atoms with Crippen LogP contribution in [0.25, 0.3) is 0 Å². The highest BCUT2D eigenvalue weighted by Crippen LogP contribution is 2.17. The van der Waals surface area contributed by atoms with E-state index in [0.717, 1.165) is 5.56 Å². The average Bonchev–Trinajstić information content (AvgIpc) is 2.53. The van der Waals surface area contributed by atoms with Gasteiger partial charge in [-0.15, -0.1) is 0 Å². The van der Waals surface area contributed by atoms with E-state index in [1.165, 1.54) is 0 Å². The molecule has 0 saturated heterocycles. The van der Waals surface area contributed by atoms with Gasteiger partial charge in [-0.05, 0) is 36.2 Å². The Labute approximate surface area is 139 Å². The van der Waals surface area contributed by atoms with Crippen molar-refractivity contribution < 1.29 is 14.3 Å². The van der Waals surface area contributed by atoms with Gasteiger partial charge in [-0.25, -0.2) is 0 Å². The summed E-state index contributed by atoms with van der Waals surface area (Å²) in [7, 11) is 0. The number of hydrogen-bond acceptors (Lipinski definition) is 3. The first kappa shape index (κ1) is 16.8. The monoisotopic (exact) mass is 332 g/mol. The number of para-hydroxylation sites is 1. The molecule has 0 radical (unpaired) electrons. The van der Waals surface area contributed by atoms with Crippen LogP contribution in [0.3, 0.4) is 0 Å². The Kier molecular flexibility index (Phi) is 6.00. The molecular formula is C17H17ClN2O3. The summed E-state index contributed by atoms with van der Waals surface area (Å²) >= 11 is 5.92. The summed E-state index contributed by atoms with van der Waals surface area (Å²) in [6, 6.07) is 14.2. The molecule has 3 N–H and O–H groups in total. The van der Waals surface area contributed by atoms with Crippen LogP contribution in [0.1, 0.15) is 15.9 Å². The van der Waals surface area contributed by atoms with Crippen LogP contribution in [0.15, 0.2) is 48.5 Å². The van der Waals surface area contributed by atoms with Gasteiger partial charge >= 0.3 is 0 Å². The van der Waals surface area contributed by atoms with Crippen LogP contribution in [-0.4, -0.2) is 25.0 Å². The molecule has 6 heteroatoms. The van der Waals surface area contributed by atoms with Gasteiger partial charge in [0.05, 0.1) is 5.56 Å². The Balaban J connectivity index is 1.94. The molecule has 120 valence electrons. The lowest BCUT2D eigenvalue weighted by Gasteiger charge is -2.10. The summed E-state index contributed by atoms with van der Waals surface area (Å²) in [6.07, 6.45) is 0.663.